The van der Waals surface area contributed by atoms with Gasteiger partial charge in [-0.1, -0.05) is 449 Å². The maximum absolute atomic E-state index is 6.88. The van der Waals surface area contributed by atoms with Gasteiger partial charge < -0.3 is 28.0 Å². The van der Waals surface area contributed by atoms with E-state index in [2.05, 4.69) is 567 Å². The predicted molar refractivity (Wildman–Crippen MR) is 627 cm³/mol. The minimum atomic E-state index is 0.913. The Morgan fingerprint density at radius 1 is 0.115 bits per heavy atom. The van der Waals surface area contributed by atoms with E-state index in [0.717, 1.165) is 150 Å². The van der Waals surface area contributed by atoms with Crippen LogP contribution in [0.25, 0.3) is 229 Å². The molecule has 3 heterocycles. The second kappa shape index (κ2) is 36.4. The average molecular weight is 1890 g/mol. The number of fused-ring (bicyclic) bond motifs is 26. The third-order valence-electron chi connectivity index (χ3n) is 29.9. The van der Waals surface area contributed by atoms with Gasteiger partial charge in [0.2, 0.25) is 0 Å². The second-order valence-corrected chi connectivity index (χ2v) is 38.3. The zero-order chi connectivity index (χ0) is 97.6. The summed E-state index contributed by atoms with van der Waals surface area (Å²) in [6.07, 6.45) is 0. The SMILES string of the molecule is c1ccc(-c2cccc(N(c3ccc(-c4cccc5c4oc4c5ccc5ccc6ccccc6c54)cc3)c3cccc4ccccc34)c2)cc1.c1ccc(-c2ccccc2N(c2ccc(-c3cccc4c3oc3c4ccc4ccc5ccccc5c43)cc2)c2cccc3ccccc23)cc1.c1ccc(N(c2ccc(-c3cccc4c3oc3c4ccc4ccc5ccccc5c43)cc2)c2cc3ccccc3c3ccccc23)cc1. The molecule has 27 aromatic carbocycles. The normalized spacial score (nSPS) is 11.6. The van der Waals surface area contributed by atoms with Crippen LogP contribution in [0.1, 0.15) is 0 Å². The minimum absolute atomic E-state index is 0.913. The summed E-state index contributed by atoms with van der Waals surface area (Å²) in [7, 11) is 0. The monoisotopic (exact) mass is 1890 g/mol. The maximum Gasteiger partial charge on any atom is 0.143 e. The quantitative estimate of drug-likeness (QED) is 0.101. The van der Waals surface area contributed by atoms with Crippen LogP contribution in [0.5, 0.6) is 0 Å². The summed E-state index contributed by atoms with van der Waals surface area (Å²) in [5, 5.41) is 31.0. The van der Waals surface area contributed by atoms with Crippen LogP contribution in [0.3, 0.4) is 0 Å². The summed E-state index contributed by atoms with van der Waals surface area (Å²) >= 11 is 0. The first-order chi connectivity index (χ1) is 73.4. The summed E-state index contributed by atoms with van der Waals surface area (Å²) in [6, 6.07) is 198. The van der Waals surface area contributed by atoms with Gasteiger partial charge in [0, 0.05) is 115 Å². The van der Waals surface area contributed by atoms with Crippen molar-refractivity contribution in [2.45, 2.75) is 0 Å². The lowest BCUT2D eigenvalue weighted by molar-refractivity contribution is 0.673. The fourth-order valence-corrected chi connectivity index (χ4v) is 22.9. The van der Waals surface area contributed by atoms with Crippen LogP contribution < -0.4 is 14.7 Å². The Morgan fingerprint density at radius 3 is 0.845 bits per heavy atom. The molecular weight excluding hydrogens is 1800 g/mol. The molecule has 30 aromatic rings. The van der Waals surface area contributed by atoms with Gasteiger partial charge in [0.25, 0.3) is 0 Å². The zero-order valence-corrected chi connectivity index (χ0v) is 80.6. The van der Waals surface area contributed by atoms with E-state index >= 15 is 0 Å². The van der Waals surface area contributed by atoms with Crippen molar-refractivity contribution in [3.05, 3.63) is 552 Å². The molecule has 30 rings (SSSR count). The van der Waals surface area contributed by atoms with Crippen molar-refractivity contribution < 1.29 is 13.3 Å². The molecule has 0 aliphatic heterocycles. The highest BCUT2D eigenvalue weighted by Gasteiger charge is 2.27. The van der Waals surface area contributed by atoms with Crippen LogP contribution in [0.2, 0.25) is 0 Å². The molecule has 0 fully saturated rings. The Kier molecular flexibility index (Phi) is 21.2. The van der Waals surface area contributed by atoms with Crippen LogP contribution in [0.4, 0.5) is 51.2 Å². The fraction of sp³-hybridized carbons (Fsp3) is 0. The Bertz CT molecular complexity index is 10400. The van der Waals surface area contributed by atoms with Gasteiger partial charge in [-0.15, -0.1) is 0 Å². The lowest BCUT2D eigenvalue weighted by atomic mass is 9.98. The van der Waals surface area contributed by atoms with Crippen molar-refractivity contribution in [1.29, 1.82) is 0 Å². The average Bonchev–Trinajstić information content (AvgIpc) is 1.57. The molecule has 0 saturated heterocycles. The van der Waals surface area contributed by atoms with Crippen LogP contribution in [-0.2, 0) is 0 Å². The standard InChI is InChI=1S/2C48H31NO.C46H29NO/c1-2-11-32(12-3-1)37-16-8-17-39(31-37)49(45-22-9-15-33-13-4-6-18-40(33)45)38-28-25-35(26-29-38)42-20-10-21-43-44-30-27-36-24-23-34-14-5-7-19-41(34)46(36)48(44)50-47(42)43;1-2-12-32(13-3-1)38-18-8-9-22-44(38)49(45-23-10-16-33-14-4-6-17-39(33)45)37-29-26-35(27-30-37)41-20-11-21-42-43-31-28-36-25-24-34-15-5-7-19-40(34)46(36)48(43)50-47(41)42;1-2-13-34(14-3-1)47(43-29-33-12-5-6-15-36(33)39-17-8-9-18-40(39)43)35-26-23-31(24-27-35)38-19-10-20-41-42-28-25-32-22-21-30-11-4-7-16-37(30)44(32)46(42)48-45(38)41/h2*1-31H;1-29H. The summed E-state index contributed by atoms with van der Waals surface area (Å²) in [5.74, 6) is 0. The molecule has 0 radical (unpaired) electrons. The van der Waals surface area contributed by atoms with Crippen molar-refractivity contribution in [1.82, 2.24) is 0 Å². The molecule has 692 valence electrons. The Hall–Kier alpha value is -19.7. The molecule has 0 unspecified atom stereocenters. The van der Waals surface area contributed by atoms with E-state index in [1.165, 1.54) is 130 Å². The number of anilines is 9. The van der Waals surface area contributed by atoms with Crippen LogP contribution in [0, 0.1) is 0 Å². The fourth-order valence-electron chi connectivity index (χ4n) is 22.9. The Morgan fingerprint density at radius 2 is 0.385 bits per heavy atom. The van der Waals surface area contributed by atoms with Crippen LogP contribution >= 0.6 is 0 Å². The van der Waals surface area contributed by atoms with Crippen LogP contribution in [0.15, 0.2) is 565 Å². The molecule has 0 saturated carbocycles. The molecule has 0 bridgehead atoms. The number of nitrogens with zero attached hydrogens (tertiary/aromatic N) is 3. The second-order valence-electron chi connectivity index (χ2n) is 38.3. The van der Waals surface area contributed by atoms with E-state index in [9.17, 15) is 0 Å². The lowest BCUT2D eigenvalue weighted by Gasteiger charge is -2.29. The van der Waals surface area contributed by atoms with Crippen molar-refractivity contribution in [3.63, 3.8) is 0 Å². The molecule has 6 nitrogen and oxygen atoms in total. The molecule has 3 aromatic heterocycles. The van der Waals surface area contributed by atoms with Gasteiger partial charge >= 0.3 is 0 Å². The molecular formula is C142H91N3O3. The number of benzene rings is 27. The Balaban J connectivity index is 0.000000107. The van der Waals surface area contributed by atoms with Crippen molar-refractivity contribution in [2.24, 2.45) is 0 Å². The molecule has 148 heavy (non-hydrogen) atoms. The van der Waals surface area contributed by atoms with Gasteiger partial charge in [0.05, 0.1) is 22.7 Å². The highest BCUT2D eigenvalue weighted by Crippen LogP contribution is 2.52. The molecule has 0 aliphatic carbocycles. The molecule has 0 N–H and O–H groups in total. The maximum atomic E-state index is 6.88. The van der Waals surface area contributed by atoms with E-state index < -0.39 is 0 Å². The van der Waals surface area contributed by atoms with Crippen molar-refractivity contribution >= 4 is 225 Å². The number of hydrogen-bond donors (Lipinski definition) is 0. The molecule has 0 spiro atoms. The van der Waals surface area contributed by atoms with Gasteiger partial charge in [-0.2, -0.15) is 0 Å². The first-order valence-corrected chi connectivity index (χ1v) is 50.6. The number of hydrogen-bond acceptors (Lipinski definition) is 6. The van der Waals surface area contributed by atoms with Gasteiger partial charge in [-0.3, -0.25) is 0 Å². The lowest BCUT2D eigenvalue weighted by Crippen LogP contribution is -2.11. The Labute approximate surface area is 854 Å². The van der Waals surface area contributed by atoms with Gasteiger partial charge in [0.1, 0.15) is 33.5 Å². The van der Waals surface area contributed by atoms with Crippen molar-refractivity contribution in [3.8, 4) is 55.6 Å². The smallest absolute Gasteiger partial charge is 0.143 e. The van der Waals surface area contributed by atoms with E-state index in [1.54, 1.807) is 0 Å². The first-order valence-electron chi connectivity index (χ1n) is 50.6. The van der Waals surface area contributed by atoms with E-state index in [0.29, 0.717) is 0 Å². The first kappa shape index (κ1) is 86.2. The van der Waals surface area contributed by atoms with Crippen LogP contribution in [-0.4, -0.2) is 0 Å². The molecule has 0 aliphatic rings. The highest BCUT2D eigenvalue weighted by molar-refractivity contribution is 6.28. The third-order valence-corrected chi connectivity index (χ3v) is 29.9. The summed E-state index contributed by atoms with van der Waals surface area (Å²) in [6.45, 7) is 0. The zero-order valence-electron chi connectivity index (χ0n) is 80.6. The summed E-state index contributed by atoms with van der Waals surface area (Å²) in [4.78, 5) is 7.14. The number of furan rings is 3. The third kappa shape index (κ3) is 15.0. The summed E-state index contributed by atoms with van der Waals surface area (Å²) < 4.78 is 20.6. The summed E-state index contributed by atoms with van der Waals surface area (Å²) in [5.41, 5.74) is 27.0. The topological polar surface area (TPSA) is 49.1 Å². The predicted octanol–water partition coefficient (Wildman–Crippen LogP) is 41.0. The largest absolute Gasteiger partial charge is 0.455 e. The molecule has 0 atom stereocenters. The number of rotatable bonds is 14. The van der Waals surface area contributed by atoms with E-state index in [-0.39, 0.29) is 0 Å². The minimum Gasteiger partial charge on any atom is -0.455 e. The van der Waals surface area contributed by atoms with Crippen molar-refractivity contribution in [2.75, 3.05) is 14.7 Å². The number of para-hydroxylation sites is 5. The van der Waals surface area contributed by atoms with Gasteiger partial charge in [-0.05, 0) is 212 Å². The van der Waals surface area contributed by atoms with E-state index in [1.807, 2.05) is 0 Å². The highest BCUT2D eigenvalue weighted by atomic mass is 16.3. The molecule has 0 amide bonds. The van der Waals surface area contributed by atoms with E-state index in [4.69, 9.17) is 13.3 Å². The van der Waals surface area contributed by atoms with Gasteiger partial charge in [-0.25, -0.2) is 0 Å². The van der Waals surface area contributed by atoms with Gasteiger partial charge in [0.15, 0.2) is 0 Å². The molecule has 6 heteroatoms.